The summed E-state index contributed by atoms with van der Waals surface area (Å²) in [5.41, 5.74) is 1.70. The lowest BCUT2D eigenvalue weighted by molar-refractivity contribution is -0.119. The zero-order valence-electron chi connectivity index (χ0n) is 14.1. The number of rotatable bonds is 6. The first-order chi connectivity index (χ1) is 13.0. The fourth-order valence-corrected chi connectivity index (χ4v) is 2.66. The minimum atomic E-state index is -0.590. The Morgan fingerprint density at radius 1 is 1.11 bits per heavy atom. The molecule has 0 bridgehead atoms. The Bertz CT molecular complexity index is 941. The number of nitrogens with zero attached hydrogens (tertiary/aromatic N) is 2. The lowest BCUT2D eigenvalue weighted by atomic mass is 10.1. The van der Waals surface area contributed by atoms with E-state index in [0.29, 0.717) is 27.8 Å². The van der Waals surface area contributed by atoms with Crippen LogP contribution in [0.1, 0.15) is 15.9 Å². The average Bonchev–Trinajstić information content (AvgIpc) is 3.16. The van der Waals surface area contributed by atoms with Gasteiger partial charge in [-0.05, 0) is 42.0 Å². The van der Waals surface area contributed by atoms with E-state index in [9.17, 15) is 9.59 Å². The standard InChI is InChI=1S/C19H15Cl2N3O3/c20-15-6-7-16(21)17(10-15)23-18(25)12-27-19(26)14-4-2-13(3-5-14)11-24-9-1-8-22-24/h1-10H,11-12H2,(H,23,25). The van der Waals surface area contributed by atoms with Crippen molar-refractivity contribution in [1.82, 2.24) is 9.78 Å². The van der Waals surface area contributed by atoms with Crippen LogP contribution in [-0.4, -0.2) is 28.3 Å². The Balaban J connectivity index is 1.52. The summed E-state index contributed by atoms with van der Waals surface area (Å²) >= 11 is 11.8. The van der Waals surface area contributed by atoms with Crippen molar-refractivity contribution >= 4 is 40.8 Å². The molecule has 1 heterocycles. The molecule has 0 radical (unpaired) electrons. The third-order valence-corrected chi connectivity index (χ3v) is 4.19. The van der Waals surface area contributed by atoms with Crippen molar-refractivity contribution in [3.63, 3.8) is 0 Å². The summed E-state index contributed by atoms with van der Waals surface area (Å²) in [6, 6.07) is 13.4. The molecule has 1 amide bonds. The minimum absolute atomic E-state index is 0.340. The summed E-state index contributed by atoms with van der Waals surface area (Å²) in [5, 5.41) is 7.45. The fraction of sp³-hybridized carbons (Fsp3) is 0.105. The van der Waals surface area contributed by atoms with Crippen LogP contribution in [0, 0.1) is 0 Å². The first kappa shape index (κ1) is 18.9. The third-order valence-electron chi connectivity index (χ3n) is 3.63. The quantitative estimate of drug-likeness (QED) is 0.630. The lowest BCUT2D eigenvalue weighted by Gasteiger charge is -2.09. The van der Waals surface area contributed by atoms with Crippen LogP contribution in [0.5, 0.6) is 0 Å². The van der Waals surface area contributed by atoms with E-state index in [-0.39, 0.29) is 0 Å². The van der Waals surface area contributed by atoms with Crippen LogP contribution in [0.3, 0.4) is 0 Å². The molecule has 3 rings (SSSR count). The molecule has 0 aliphatic rings. The van der Waals surface area contributed by atoms with Gasteiger partial charge in [-0.3, -0.25) is 9.48 Å². The SMILES string of the molecule is O=C(COC(=O)c1ccc(Cn2cccn2)cc1)Nc1cc(Cl)ccc1Cl. The van der Waals surface area contributed by atoms with E-state index in [1.54, 1.807) is 35.1 Å². The second kappa shape index (κ2) is 8.70. The molecule has 27 heavy (non-hydrogen) atoms. The van der Waals surface area contributed by atoms with Crippen LogP contribution in [0.4, 0.5) is 5.69 Å². The zero-order valence-corrected chi connectivity index (χ0v) is 15.6. The molecule has 0 aliphatic heterocycles. The third kappa shape index (κ3) is 5.32. The predicted octanol–water partition coefficient (Wildman–Crippen LogP) is 4.03. The van der Waals surface area contributed by atoms with Gasteiger partial charge in [-0.25, -0.2) is 4.79 Å². The van der Waals surface area contributed by atoms with Crippen molar-refractivity contribution in [2.75, 3.05) is 11.9 Å². The molecule has 138 valence electrons. The highest BCUT2D eigenvalue weighted by atomic mass is 35.5. The number of hydrogen-bond donors (Lipinski definition) is 1. The summed E-state index contributed by atoms with van der Waals surface area (Å²) in [4.78, 5) is 24.0. The van der Waals surface area contributed by atoms with Gasteiger partial charge in [0.1, 0.15) is 0 Å². The number of benzene rings is 2. The van der Waals surface area contributed by atoms with Crippen molar-refractivity contribution in [3.05, 3.63) is 82.1 Å². The average molecular weight is 404 g/mol. The first-order valence-corrected chi connectivity index (χ1v) is 8.75. The zero-order chi connectivity index (χ0) is 19.2. The maximum atomic E-state index is 12.1. The molecule has 3 aromatic rings. The highest BCUT2D eigenvalue weighted by Crippen LogP contribution is 2.25. The van der Waals surface area contributed by atoms with Crippen LogP contribution in [0.2, 0.25) is 10.0 Å². The number of aromatic nitrogens is 2. The van der Waals surface area contributed by atoms with Crippen LogP contribution in [0.25, 0.3) is 0 Å². The molecule has 8 heteroatoms. The number of carbonyl (C=O) groups is 2. The van der Waals surface area contributed by atoms with Gasteiger partial charge in [-0.15, -0.1) is 0 Å². The smallest absolute Gasteiger partial charge is 0.338 e. The maximum Gasteiger partial charge on any atom is 0.338 e. The maximum absolute atomic E-state index is 12.1. The summed E-state index contributed by atoms with van der Waals surface area (Å²) in [7, 11) is 0. The summed E-state index contributed by atoms with van der Waals surface area (Å²) < 4.78 is 6.81. The number of hydrogen-bond acceptors (Lipinski definition) is 4. The summed E-state index contributed by atoms with van der Waals surface area (Å²) in [6.45, 7) is 0.168. The van der Waals surface area contributed by atoms with Crippen molar-refractivity contribution in [2.45, 2.75) is 6.54 Å². The van der Waals surface area contributed by atoms with Crippen LogP contribution in [0.15, 0.2) is 60.9 Å². The van der Waals surface area contributed by atoms with E-state index in [4.69, 9.17) is 27.9 Å². The van der Waals surface area contributed by atoms with E-state index in [2.05, 4.69) is 10.4 Å². The van der Waals surface area contributed by atoms with Crippen molar-refractivity contribution in [2.24, 2.45) is 0 Å². The van der Waals surface area contributed by atoms with Crippen molar-refractivity contribution in [1.29, 1.82) is 0 Å². The second-order valence-corrected chi connectivity index (χ2v) is 6.49. The van der Waals surface area contributed by atoms with E-state index < -0.39 is 18.5 Å². The summed E-state index contributed by atoms with van der Waals surface area (Å²) in [6.07, 6.45) is 3.56. The molecule has 0 aliphatic carbocycles. The van der Waals surface area contributed by atoms with Gasteiger partial charge in [0.25, 0.3) is 5.91 Å². The Kier molecular flexibility index (Phi) is 6.11. The van der Waals surface area contributed by atoms with Crippen molar-refractivity contribution < 1.29 is 14.3 Å². The molecule has 0 fully saturated rings. The normalized spacial score (nSPS) is 10.4. The minimum Gasteiger partial charge on any atom is -0.452 e. The monoisotopic (exact) mass is 403 g/mol. The number of nitrogens with one attached hydrogen (secondary N) is 1. The van der Waals surface area contributed by atoms with Crippen LogP contribution >= 0.6 is 23.2 Å². The molecule has 0 atom stereocenters. The number of esters is 1. The van der Waals surface area contributed by atoms with Gasteiger partial charge < -0.3 is 10.1 Å². The number of anilines is 1. The van der Waals surface area contributed by atoms with Crippen molar-refractivity contribution in [3.8, 4) is 0 Å². The molecule has 2 aromatic carbocycles. The Morgan fingerprint density at radius 2 is 1.89 bits per heavy atom. The van der Waals surface area contributed by atoms with Gasteiger partial charge in [0, 0.05) is 17.4 Å². The molecule has 1 aromatic heterocycles. The van der Waals surface area contributed by atoms with Crippen LogP contribution in [-0.2, 0) is 16.1 Å². The number of carbonyl (C=O) groups excluding carboxylic acids is 2. The van der Waals surface area contributed by atoms with E-state index in [1.165, 1.54) is 6.07 Å². The van der Waals surface area contributed by atoms with Gasteiger partial charge in [-0.1, -0.05) is 35.3 Å². The Morgan fingerprint density at radius 3 is 2.59 bits per heavy atom. The predicted molar refractivity (Wildman–Crippen MR) is 103 cm³/mol. The topological polar surface area (TPSA) is 73.2 Å². The number of ether oxygens (including phenoxy) is 1. The number of amides is 1. The Labute approximate surface area is 165 Å². The highest BCUT2D eigenvalue weighted by molar-refractivity contribution is 6.35. The van der Waals surface area contributed by atoms with Gasteiger partial charge >= 0.3 is 5.97 Å². The van der Waals surface area contributed by atoms with Gasteiger partial charge in [0.15, 0.2) is 6.61 Å². The van der Waals surface area contributed by atoms with Gasteiger partial charge in [0.05, 0.1) is 22.8 Å². The first-order valence-electron chi connectivity index (χ1n) is 7.99. The largest absolute Gasteiger partial charge is 0.452 e. The summed E-state index contributed by atoms with van der Waals surface area (Å²) in [5.74, 6) is -1.10. The molecular weight excluding hydrogens is 389 g/mol. The highest BCUT2D eigenvalue weighted by Gasteiger charge is 2.12. The molecule has 0 spiro atoms. The van der Waals surface area contributed by atoms with Gasteiger partial charge in [-0.2, -0.15) is 5.10 Å². The molecule has 0 saturated heterocycles. The molecule has 6 nitrogen and oxygen atoms in total. The second-order valence-electron chi connectivity index (χ2n) is 5.65. The van der Waals surface area contributed by atoms with Gasteiger partial charge in [0.2, 0.25) is 0 Å². The number of halogens is 2. The molecule has 0 saturated carbocycles. The van der Waals surface area contributed by atoms with E-state index >= 15 is 0 Å². The lowest BCUT2D eigenvalue weighted by Crippen LogP contribution is -2.21. The van der Waals surface area contributed by atoms with E-state index in [0.717, 1.165) is 5.56 Å². The molecule has 0 unspecified atom stereocenters. The fourth-order valence-electron chi connectivity index (χ4n) is 2.32. The van der Waals surface area contributed by atoms with E-state index in [1.807, 2.05) is 24.4 Å². The Hall–Kier alpha value is -2.83. The molecular formula is C19H15Cl2N3O3. The molecule has 1 N–H and O–H groups in total. The van der Waals surface area contributed by atoms with Crippen LogP contribution < -0.4 is 5.32 Å².